The lowest BCUT2D eigenvalue weighted by Gasteiger charge is -2.64. The molecule has 4 aliphatic rings. The Kier molecular flexibility index (Phi) is 4.43. The molecule has 0 aromatic heterocycles. The number of aliphatic hydroxyl groups excluding tert-OH is 2. The fourth-order valence-electron chi connectivity index (χ4n) is 8.08. The first-order valence-electron chi connectivity index (χ1n) is 10.8. The van der Waals surface area contributed by atoms with Crippen molar-refractivity contribution < 1.29 is 15.0 Å². The molecule has 0 aromatic rings. The highest BCUT2D eigenvalue weighted by Crippen LogP contribution is 2.69. The van der Waals surface area contributed by atoms with Gasteiger partial charge in [0.1, 0.15) is 5.78 Å². The van der Waals surface area contributed by atoms with Crippen molar-refractivity contribution in [2.75, 3.05) is 6.61 Å². The summed E-state index contributed by atoms with van der Waals surface area (Å²) in [5.74, 6) is 2.89. The molecule has 26 heavy (non-hydrogen) atoms. The second-order valence-corrected chi connectivity index (χ2v) is 10.2. The smallest absolute Gasteiger partial charge is 0.133 e. The summed E-state index contributed by atoms with van der Waals surface area (Å²) in [7, 11) is 0. The zero-order valence-electron chi connectivity index (χ0n) is 16.7. The van der Waals surface area contributed by atoms with E-state index >= 15 is 0 Å². The molecule has 3 heteroatoms. The van der Waals surface area contributed by atoms with Crippen LogP contribution in [0.1, 0.15) is 72.1 Å². The lowest BCUT2D eigenvalue weighted by atomic mass is 9.40. The number of carbonyl (C=O) groups is 1. The van der Waals surface area contributed by atoms with Crippen LogP contribution in [0.3, 0.4) is 0 Å². The SMILES string of the molecule is CC[C@H]1CC[C@H]2[C@@H]3CCC4(C(O)CO)CC(=O)CC[C@]4(C)[C@H]3C=C[C@]12C. The van der Waals surface area contributed by atoms with E-state index in [1.165, 1.54) is 19.3 Å². The van der Waals surface area contributed by atoms with E-state index in [0.717, 1.165) is 31.1 Å². The van der Waals surface area contributed by atoms with Crippen LogP contribution in [0.25, 0.3) is 0 Å². The Hall–Kier alpha value is -0.670. The Morgan fingerprint density at radius 2 is 2.00 bits per heavy atom. The van der Waals surface area contributed by atoms with E-state index in [2.05, 4.69) is 32.9 Å². The summed E-state index contributed by atoms with van der Waals surface area (Å²) in [6.45, 7) is 6.88. The summed E-state index contributed by atoms with van der Waals surface area (Å²) in [6.07, 6.45) is 12.0. The van der Waals surface area contributed by atoms with Crippen molar-refractivity contribution in [3.63, 3.8) is 0 Å². The molecule has 0 saturated heterocycles. The molecule has 146 valence electrons. The van der Waals surface area contributed by atoms with Crippen LogP contribution in [-0.2, 0) is 4.79 Å². The number of ketones is 1. The number of rotatable bonds is 3. The van der Waals surface area contributed by atoms with E-state index in [0.29, 0.717) is 30.1 Å². The van der Waals surface area contributed by atoms with Crippen LogP contribution in [0.5, 0.6) is 0 Å². The van der Waals surface area contributed by atoms with E-state index in [4.69, 9.17) is 0 Å². The van der Waals surface area contributed by atoms with Gasteiger partial charge < -0.3 is 10.2 Å². The molecule has 0 aliphatic heterocycles. The van der Waals surface area contributed by atoms with Gasteiger partial charge in [0, 0.05) is 18.3 Å². The average Bonchev–Trinajstić information content (AvgIpc) is 2.97. The van der Waals surface area contributed by atoms with Crippen LogP contribution in [0.2, 0.25) is 0 Å². The van der Waals surface area contributed by atoms with Crippen LogP contribution >= 0.6 is 0 Å². The standard InChI is InChI=1S/C23H36O3/c1-4-15-5-6-18-17-8-12-23(20(26)14-24)13-16(25)7-11-22(23,3)19(17)9-10-21(15,18)2/h9-10,15,17-20,24,26H,4-8,11-14H2,1-3H3/t15-,17-,18-,19-,20?,21+,22+,23?/m0/s1. The first-order valence-corrected chi connectivity index (χ1v) is 10.8. The molecule has 0 aromatic carbocycles. The molecule has 2 N–H and O–H groups in total. The molecule has 3 saturated carbocycles. The van der Waals surface area contributed by atoms with Gasteiger partial charge in [-0.25, -0.2) is 0 Å². The zero-order chi connectivity index (χ0) is 18.7. The van der Waals surface area contributed by atoms with Crippen molar-refractivity contribution in [1.29, 1.82) is 0 Å². The molecule has 3 nitrogen and oxygen atoms in total. The molecular formula is C23H36O3. The zero-order valence-corrected chi connectivity index (χ0v) is 16.7. The quantitative estimate of drug-likeness (QED) is 0.744. The van der Waals surface area contributed by atoms with E-state index in [9.17, 15) is 15.0 Å². The fourth-order valence-corrected chi connectivity index (χ4v) is 8.08. The normalized spacial score (nSPS) is 51.5. The van der Waals surface area contributed by atoms with Gasteiger partial charge in [0.2, 0.25) is 0 Å². The third-order valence-electron chi connectivity index (χ3n) is 9.68. The van der Waals surface area contributed by atoms with Gasteiger partial charge in [-0.15, -0.1) is 0 Å². The summed E-state index contributed by atoms with van der Waals surface area (Å²) in [5, 5.41) is 20.6. The molecule has 0 spiro atoms. The minimum Gasteiger partial charge on any atom is -0.394 e. The van der Waals surface area contributed by atoms with Crippen LogP contribution in [0.4, 0.5) is 0 Å². The topological polar surface area (TPSA) is 57.5 Å². The molecule has 0 amide bonds. The first kappa shape index (κ1) is 18.7. The molecule has 4 aliphatic carbocycles. The lowest BCUT2D eigenvalue weighted by molar-refractivity contribution is -0.185. The van der Waals surface area contributed by atoms with Gasteiger partial charge in [0.05, 0.1) is 12.7 Å². The highest BCUT2D eigenvalue weighted by atomic mass is 16.3. The van der Waals surface area contributed by atoms with Crippen LogP contribution < -0.4 is 0 Å². The van der Waals surface area contributed by atoms with Gasteiger partial charge in [0.25, 0.3) is 0 Å². The highest BCUT2D eigenvalue weighted by Gasteiger charge is 2.65. The van der Waals surface area contributed by atoms with Crippen LogP contribution in [-0.4, -0.2) is 28.7 Å². The Morgan fingerprint density at radius 1 is 1.23 bits per heavy atom. The van der Waals surface area contributed by atoms with E-state index in [1.54, 1.807) is 0 Å². The van der Waals surface area contributed by atoms with Crippen molar-refractivity contribution in [3.8, 4) is 0 Å². The van der Waals surface area contributed by atoms with Crippen molar-refractivity contribution in [2.24, 2.45) is 39.9 Å². The Bertz CT molecular complexity index is 613. The summed E-state index contributed by atoms with van der Waals surface area (Å²) < 4.78 is 0. The summed E-state index contributed by atoms with van der Waals surface area (Å²) in [6, 6.07) is 0. The molecule has 0 heterocycles. The number of Topliss-reactive ketones (excluding diaryl/α,β-unsaturated/α-hetero) is 1. The summed E-state index contributed by atoms with van der Waals surface area (Å²) in [4.78, 5) is 12.4. The Labute approximate surface area is 158 Å². The maximum absolute atomic E-state index is 12.4. The molecule has 2 unspecified atom stereocenters. The second-order valence-electron chi connectivity index (χ2n) is 10.2. The number of allylic oxidation sites excluding steroid dienone is 2. The van der Waals surface area contributed by atoms with Crippen molar-refractivity contribution in [2.45, 2.75) is 78.2 Å². The average molecular weight is 361 g/mol. The predicted octanol–water partition coefficient (Wildman–Crippen LogP) is 4.12. The number of hydrogen-bond acceptors (Lipinski definition) is 3. The maximum atomic E-state index is 12.4. The summed E-state index contributed by atoms with van der Waals surface area (Å²) >= 11 is 0. The Morgan fingerprint density at radius 3 is 2.69 bits per heavy atom. The van der Waals surface area contributed by atoms with E-state index < -0.39 is 11.5 Å². The number of fused-ring (bicyclic) bond motifs is 5. The van der Waals surface area contributed by atoms with Crippen molar-refractivity contribution >= 4 is 5.78 Å². The summed E-state index contributed by atoms with van der Waals surface area (Å²) in [5.41, 5.74) is -0.209. The number of carbonyl (C=O) groups excluding carboxylic acids is 1. The van der Waals surface area contributed by atoms with Gasteiger partial charge in [-0.3, -0.25) is 4.79 Å². The van der Waals surface area contributed by atoms with Crippen molar-refractivity contribution in [1.82, 2.24) is 0 Å². The van der Waals surface area contributed by atoms with Gasteiger partial charge >= 0.3 is 0 Å². The third-order valence-corrected chi connectivity index (χ3v) is 9.68. The van der Waals surface area contributed by atoms with Gasteiger partial charge in [0.15, 0.2) is 0 Å². The number of aliphatic hydroxyl groups is 2. The van der Waals surface area contributed by atoms with Crippen LogP contribution in [0.15, 0.2) is 12.2 Å². The predicted molar refractivity (Wildman–Crippen MR) is 102 cm³/mol. The fraction of sp³-hybridized carbons (Fsp3) is 0.870. The maximum Gasteiger partial charge on any atom is 0.133 e. The number of hydrogen-bond donors (Lipinski definition) is 2. The molecule has 0 bridgehead atoms. The molecule has 4 rings (SSSR count). The first-order chi connectivity index (χ1) is 12.3. The lowest BCUT2D eigenvalue weighted by Crippen LogP contribution is -2.62. The van der Waals surface area contributed by atoms with Gasteiger partial charge in [-0.05, 0) is 66.6 Å². The second kappa shape index (κ2) is 6.17. The highest BCUT2D eigenvalue weighted by molar-refractivity contribution is 5.80. The Balaban J connectivity index is 1.76. The molecule has 8 atom stereocenters. The van der Waals surface area contributed by atoms with Crippen LogP contribution in [0, 0.1) is 39.9 Å². The van der Waals surface area contributed by atoms with E-state index in [-0.39, 0.29) is 17.8 Å². The molecular weight excluding hydrogens is 324 g/mol. The van der Waals surface area contributed by atoms with E-state index in [1.807, 2.05) is 0 Å². The third kappa shape index (κ3) is 2.22. The van der Waals surface area contributed by atoms with Crippen molar-refractivity contribution in [3.05, 3.63) is 12.2 Å². The largest absolute Gasteiger partial charge is 0.394 e. The van der Waals surface area contributed by atoms with Gasteiger partial charge in [-0.1, -0.05) is 39.3 Å². The molecule has 0 radical (unpaired) electrons. The monoisotopic (exact) mass is 360 g/mol. The minimum atomic E-state index is -0.786. The minimum absolute atomic E-state index is 0.0892. The molecule has 3 fully saturated rings. The van der Waals surface area contributed by atoms with Gasteiger partial charge in [-0.2, -0.15) is 0 Å².